The summed E-state index contributed by atoms with van der Waals surface area (Å²) in [7, 11) is 0. The molecule has 38 nitrogen and oxygen atoms in total. The molecule has 0 saturated carbocycles. The Labute approximate surface area is 790 Å². The molecule has 5 aromatic carbocycles. The van der Waals surface area contributed by atoms with Crippen LogP contribution < -0.4 is 45.4 Å². The van der Waals surface area contributed by atoms with E-state index < -0.39 is 11.9 Å². The largest absolute Gasteiger partial charge is 1.00 e. The van der Waals surface area contributed by atoms with Crippen LogP contribution in [-0.4, -0.2) is 249 Å². The number of ether oxygens (including phenoxy) is 4. The summed E-state index contributed by atoms with van der Waals surface area (Å²) in [4.78, 5) is 133. The van der Waals surface area contributed by atoms with Crippen molar-refractivity contribution in [3.05, 3.63) is 231 Å². The molecule has 0 radical (unpaired) electrons. The number of carbonyl (C=O) groups excluding carboxylic acids is 9. The molecule has 8 aliphatic heterocycles. The number of hydrogen-bond donors (Lipinski definition) is 11. The summed E-state index contributed by atoms with van der Waals surface area (Å²) in [6.07, 6.45) is 10.5. The zero-order chi connectivity index (χ0) is 91.3. The number of hydrogen-bond acceptors (Lipinski definition) is 22. The van der Waals surface area contributed by atoms with Crippen molar-refractivity contribution in [1.82, 2.24) is 85.7 Å². The van der Waals surface area contributed by atoms with E-state index in [1.54, 1.807) is 160 Å². The Morgan fingerprint density at radius 3 is 1.09 bits per heavy atom. The quantitative estimate of drug-likeness (QED) is 0.0234. The molecule has 3 saturated heterocycles. The van der Waals surface area contributed by atoms with Gasteiger partial charge in [-0.2, -0.15) is 30.5 Å². The Kier molecular flexibility index (Phi) is 38.8. The molecule has 688 valence electrons. The Morgan fingerprint density at radius 1 is 0.412 bits per heavy atom. The Bertz CT molecular complexity index is 5500. The molecular weight excluding hydrogens is 1790 g/mol. The number of aliphatic imine (C=N–C) groups is 1. The van der Waals surface area contributed by atoms with Gasteiger partial charge in [0.2, 0.25) is 6.08 Å². The second-order valence-corrected chi connectivity index (χ2v) is 32.2. The molecule has 8 aliphatic rings. The summed E-state index contributed by atoms with van der Waals surface area (Å²) >= 11 is 29.3. The van der Waals surface area contributed by atoms with Gasteiger partial charge in [-0.1, -0.05) is 88.3 Å². The van der Waals surface area contributed by atoms with Gasteiger partial charge in [0, 0.05) is 215 Å². The van der Waals surface area contributed by atoms with Gasteiger partial charge < -0.3 is 85.5 Å². The van der Waals surface area contributed by atoms with Crippen LogP contribution in [0.1, 0.15) is 155 Å². The van der Waals surface area contributed by atoms with Crippen LogP contribution in [0, 0.1) is 0 Å². The average Bonchev–Trinajstić information content (AvgIpc) is 1.80. The summed E-state index contributed by atoms with van der Waals surface area (Å²) in [6.45, 7) is 14.9. The number of carboxylic acid groups (broad SMARTS) is 1. The van der Waals surface area contributed by atoms with Gasteiger partial charge in [-0.15, -0.1) is 0 Å². The van der Waals surface area contributed by atoms with Gasteiger partial charge in [0.15, 0.2) is 28.5 Å². The molecule has 0 atom stereocenters. The number of H-pyrrole nitrogens is 5. The molecule has 131 heavy (non-hydrogen) atoms. The maximum absolute atomic E-state index is 12.8. The number of urea groups is 4. The van der Waals surface area contributed by atoms with Crippen LogP contribution in [0.5, 0.6) is 0 Å². The van der Waals surface area contributed by atoms with Crippen molar-refractivity contribution in [2.45, 2.75) is 111 Å². The summed E-state index contributed by atoms with van der Waals surface area (Å²) < 4.78 is 20.1. The minimum atomic E-state index is -1.10. The number of nitrogens with one attached hydrogen (secondary N) is 10. The van der Waals surface area contributed by atoms with E-state index in [-0.39, 0.29) is 90.8 Å². The SMILES string of the molecule is C1CCOC1.CCOC(=O)c1n[nH]c2c1CN(C(=O)Nc1cccc(Cl)c1)CC2.CCOC(=O)c1n[nH]c2c1CNCC2.O=C(Nc1cccc(Cl)c1)N1CCc2[nH]nc(C(=O)N3CCCCC3)c2C1.O=C(Nc1cccc(Cl)c1)N1CCc2[nH]nc(C(=O)N3CCOCC3)c2C1.O=C(O)c1n[nH]c2c1CN(C(=O)Nc1cccc(Cl)c1)CC2.O=C=Nc1cccc(Cl)c1.[Li+].[OH-]. The van der Waals surface area contributed by atoms with E-state index in [4.69, 9.17) is 82.1 Å². The number of nitrogens with zero attached hydrogens (tertiary/aromatic N) is 12. The number of anilines is 4. The van der Waals surface area contributed by atoms with Gasteiger partial charge in [0.1, 0.15) is 0 Å². The zero-order valence-corrected chi connectivity index (χ0v) is 75.9. The standard InChI is InChI=1S/C19H22ClN5O2.C18H20ClN5O3.C16H17ClN4O3.C14H13ClN4O3.C9H13N3O2.C7H4ClNO.C4H8O.Li.H2O/c20-13-5-4-6-14(11-13)21-19(27)25-10-7-16-15(12-25)17(23-22-16)18(26)24-8-2-1-3-9-24;19-12-2-1-3-13(10-12)20-18(26)24-5-4-15-14(11-24)16(22-21-15)17(25)23-6-8-27-9-7-23;1-2-24-15(22)14-12-9-21(7-6-13(12)19-20-14)16(23)18-11-5-3-4-10(17)8-11;15-8-2-1-3-9(6-8)16-14(22)19-5-4-11-10(7-19)12(13(20)21)18-17-11;1-2-14-9(13)8-6-5-10-4-3-7(6)11-12-8;8-6-2-1-3-7(4-6)9-5-10;1-2-4-5-3-1;;/h4-6,11H,1-3,7-10,12H2,(H,21,27)(H,22,23);1-3,10H,4-9,11H2,(H,20,26)(H,21,22);3-5,8H,2,6-7,9H2,1H3,(H,18,23)(H,19,20);1-3,6H,4-5,7H2,(H,16,22)(H,17,18)(H,20,21);10H,2-5H2,1H3,(H,11,12);1-4H;1-4H2;;1H2/q;;;;;;;+1;/p-1. The number of aromatic amines is 5. The minimum Gasteiger partial charge on any atom is -0.870 e. The minimum absolute atomic E-state index is 0. The van der Waals surface area contributed by atoms with Crippen molar-refractivity contribution in [2.24, 2.45) is 4.99 Å². The van der Waals surface area contributed by atoms with Crippen LogP contribution in [-0.2, 0) is 88.6 Å². The van der Waals surface area contributed by atoms with Gasteiger partial charge in [-0.3, -0.25) is 35.1 Å². The third-order valence-electron chi connectivity index (χ3n) is 21.3. The number of isocyanates is 1. The molecule has 3 fully saturated rings. The maximum atomic E-state index is 12.8. The molecular formula is C87H98Cl5LiN22O16. The average molecular weight is 1890 g/mol. The number of likely N-dealkylation sites (tertiary alicyclic amines) is 1. The Balaban J connectivity index is 0.000000164. The van der Waals surface area contributed by atoms with E-state index in [1.807, 2.05) is 4.90 Å². The van der Waals surface area contributed by atoms with Crippen LogP contribution in [0.4, 0.5) is 47.6 Å². The maximum Gasteiger partial charge on any atom is 1.00 e. The van der Waals surface area contributed by atoms with Crippen LogP contribution in [0.15, 0.2) is 126 Å². The van der Waals surface area contributed by atoms with Gasteiger partial charge >= 0.3 is 60.9 Å². The smallest absolute Gasteiger partial charge is 0.870 e. The van der Waals surface area contributed by atoms with Crippen LogP contribution in [0.25, 0.3) is 0 Å². The van der Waals surface area contributed by atoms with E-state index in [1.165, 1.54) is 25.3 Å². The number of carboxylic acids is 1. The predicted molar refractivity (Wildman–Crippen MR) is 483 cm³/mol. The molecule has 44 heteroatoms. The number of aromatic nitrogens is 10. The van der Waals surface area contributed by atoms with Crippen molar-refractivity contribution in [3.63, 3.8) is 0 Å². The third kappa shape index (κ3) is 28.4. The Morgan fingerprint density at radius 2 is 0.740 bits per heavy atom. The van der Waals surface area contributed by atoms with E-state index >= 15 is 0 Å². The number of esters is 2. The first-order valence-corrected chi connectivity index (χ1v) is 43.8. The van der Waals surface area contributed by atoms with E-state index in [9.17, 15) is 47.9 Å². The van der Waals surface area contributed by atoms with Crippen molar-refractivity contribution >= 4 is 146 Å². The number of carbonyl (C=O) groups is 9. The summed E-state index contributed by atoms with van der Waals surface area (Å²) in [5, 5.41) is 61.0. The van der Waals surface area contributed by atoms with Gasteiger partial charge in [-0.25, -0.2) is 38.4 Å². The van der Waals surface area contributed by atoms with Crippen LogP contribution >= 0.6 is 58.0 Å². The van der Waals surface area contributed by atoms with E-state index in [0.29, 0.717) is 193 Å². The van der Waals surface area contributed by atoms with Crippen molar-refractivity contribution < 1.29 is 96.3 Å². The van der Waals surface area contributed by atoms with E-state index in [2.05, 4.69) is 82.6 Å². The van der Waals surface area contributed by atoms with E-state index in [0.717, 1.165) is 97.3 Å². The number of morpholine rings is 1. The summed E-state index contributed by atoms with van der Waals surface area (Å²) in [6, 6.07) is 33.6. The van der Waals surface area contributed by atoms with Crippen LogP contribution in [0.3, 0.4) is 0 Å². The van der Waals surface area contributed by atoms with Crippen molar-refractivity contribution in [3.8, 4) is 0 Å². The first-order chi connectivity index (χ1) is 62.5. The van der Waals surface area contributed by atoms with Gasteiger partial charge in [0.25, 0.3) is 11.8 Å². The molecule has 0 aliphatic carbocycles. The van der Waals surface area contributed by atoms with Crippen LogP contribution in [0.2, 0.25) is 25.1 Å². The third-order valence-corrected chi connectivity index (χ3v) is 22.5. The second kappa shape index (κ2) is 50.3. The number of rotatable bonds is 12. The number of fused-ring (bicyclic) bond motifs is 5. The fraction of sp³-hybridized carbons (Fsp3) is 0.368. The number of benzene rings is 5. The molecule has 0 spiro atoms. The predicted octanol–water partition coefficient (Wildman–Crippen LogP) is 10.7. The molecule has 12 N–H and O–H groups in total. The molecule has 18 rings (SSSR count). The number of halogens is 5. The fourth-order valence-corrected chi connectivity index (χ4v) is 15.7. The molecule has 13 heterocycles. The zero-order valence-electron chi connectivity index (χ0n) is 72.1. The molecule has 0 bridgehead atoms. The first kappa shape index (κ1) is 101. The summed E-state index contributed by atoms with van der Waals surface area (Å²) in [5.41, 5.74) is 12.9. The monoisotopic (exact) mass is 1890 g/mol. The van der Waals surface area contributed by atoms with Gasteiger partial charge in [-0.05, 0) is 137 Å². The topological polar surface area (TPSA) is 493 Å². The van der Waals surface area contributed by atoms with Crippen molar-refractivity contribution in [2.75, 3.05) is 120 Å². The molecule has 10 aromatic rings. The molecule has 10 amide bonds. The summed E-state index contributed by atoms with van der Waals surface area (Å²) in [5.74, 6) is -2.08. The fourth-order valence-electron chi connectivity index (χ4n) is 14.7. The molecule has 0 unspecified atom stereocenters. The second-order valence-electron chi connectivity index (χ2n) is 30.0. The van der Waals surface area contributed by atoms with Crippen molar-refractivity contribution in [1.29, 1.82) is 0 Å². The Hall–Kier alpha value is -12.2. The first-order valence-electron chi connectivity index (χ1n) is 41.9. The van der Waals surface area contributed by atoms with Gasteiger partial charge in [0.05, 0.1) is 58.3 Å². The normalized spacial score (nSPS) is 14.8. The number of piperidine rings is 1. The number of aromatic carboxylic acids is 1. The number of amides is 10. The molecule has 5 aromatic heterocycles.